The van der Waals surface area contributed by atoms with Crippen molar-refractivity contribution in [3.63, 3.8) is 0 Å². The molecule has 4 aromatic heterocycles. The molecule has 17 nitrogen and oxygen atoms in total. The molecular formula is C21H27N10O7P2S+. The number of nitrogens with two attached hydrogens (primary N) is 2. The number of rotatable bonds is 10. The van der Waals surface area contributed by atoms with Crippen LogP contribution in [-0.2, 0) is 34.9 Å². The van der Waals surface area contributed by atoms with E-state index in [-0.39, 0.29) is 43.4 Å². The van der Waals surface area contributed by atoms with Crippen LogP contribution in [-0.4, -0.2) is 80.4 Å². The first-order valence-corrected chi connectivity index (χ1v) is 16.6. The van der Waals surface area contributed by atoms with Crippen LogP contribution in [0.3, 0.4) is 0 Å². The second-order valence-electron chi connectivity index (χ2n) is 9.68. The van der Waals surface area contributed by atoms with E-state index >= 15 is 0 Å². The summed E-state index contributed by atoms with van der Waals surface area (Å²) in [7, 11) is -2.12. The Bertz CT molecular complexity index is 1630. The smallest absolute Gasteiger partial charge is 0.382 e. The lowest BCUT2D eigenvalue weighted by atomic mass is 10.0. The van der Waals surface area contributed by atoms with Gasteiger partial charge in [-0.25, -0.2) is 29.9 Å². The summed E-state index contributed by atoms with van der Waals surface area (Å²) in [6.45, 7) is -3.99. The number of nitrogen functional groups attached to an aromatic ring is 2. The van der Waals surface area contributed by atoms with E-state index in [1.807, 2.05) is 0 Å². The lowest BCUT2D eigenvalue weighted by Crippen LogP contribution is -2.24. The first kappa shape index (κ1) is 28.3. The SMILES string of the molecule is Nc1ncnc2c1ncn2[C@H]1C[C@H](C[P+](=O)OC[C@@H]2CC[C@H](n3cnc4c(N)ncnc43)O2)C(COP(O)(O)=S)O1. The molecule has 2 aliphatic heterocycles. The van der Waals surface area contributed by atoms with Gasteiger partial charge in [0.2, 0.25) is 0 Å². The van der Waals surface area contributed by atoms with Crippen LogP contribution in [0.1, 0.15) is 31.7 Å². The molecule has 2 unspecified atom stereocenters. The van der Waals surface area contributed by atoms with Gasteiger partial charge in [0.05, 0.1) is 31.5 Å². The maximum Gasteiger partial charge on any atom is 0.508 e. The fourth-order valence-electron chi connectivity index (χ4n) is 5.08. The molecule has 6 N–H and O–H groups in total. The van der Waals surface area contributed by atoms with Gasteiger partial charge >= 0.3 is 14.7 Å². The molecule has 2 aliphatic rings. The Morgan fingerprint density at radius 2 is 1.59 bits per heavy atom. The summed E-state index contributed by atoms with van der Waals surface area (Å²) in [5, 5.41) is 0. The first-order valence-electron chi connectivity index (χ1n) is 12.6. The highest BCUT2D eigenvalue weighted by atomic mass is 32.5. The van der Waals surface area contributed by atoms with Gasteiger partial charge in [0.25, 0.3) is 0 Å². The molecule has 41 heavy (non-hydrogen) atoms. The van der Waals surface area contributed by atoms with Crippen molar-refractivity contribution in [2.75, 3.05) is 30.8 Å². The van der Waals surface area contributed by atoms with E-state index in [1.54, 1.807) is 15.5 Å². The molecule has 0 amide bonds. The number of hydrogen-bond acceptors (Lipinski definition) is 14. The lowest BCUT2D eigenvalue weighted by Gasteiger charge is -2.18. The lowest BCUT2D eigenvalue weighted by molar-refractivity contribution is -0.0249. The Hall–Kier alpha value is -2.79. The van der Waals surface area contributed by atoms with Gasteiger partial charge in [-0.1, -0.05) is 0 Å². The molecule has 6 rings (SSSR count). The van der Waals surface area contributed by atoms with Crippen LogP contribution in [0.2, 0.25) is 0 Å². The molecule has 0 aliphatic carbocycles. The topological polar surface area (TPSA) is 234 Å². The van der Waals surface area contributed by atoms with Crippen LogP contribution in [0.25, 0.3) is 22.3 Å². The highest BCUT2D eigenvalue weighted by Gasteiger charge is 2.43. The number of nitrogens with zero attached hydrogens (tertiary/aromatic N) is 8. The normalized spacial score (nSPS) is 25.4. The Labute approximate surface area is 238 Å². The number of fused-ring (bicyclic) bond motifs is 2. The quantitative estimate of drug-likeness (QED) is 0.182. The van der Waals surface area contributed by atoms with Gasteiger partial charge in [0.1, 0.15) is 42.8 Å². The Balaban J connectivity index is 1.08. The second kappa shape index (κ2) is 11.5. The number of aromatic nitrogens is 8. The maximum atomic E-state index is 13.0. The highest BCUT2D eigenvalue weighted by molar-refractivity contribution is 8.06. The first-order chi connectivity index (χ1) is 19.7. The summed E-state index contributed by atoms with van der Waals surface area (Å²) < 4.78 is 39.6. The molecule has 0 saturated carbocycles. The molecule has 4 aromatic rings. The minimum absolute atomic E-state index is 0.129. The van der Waals surface area contributed by atoms with Crippen LogP contribution in [0, 0.1) is 5.92 Å². The minimum atomic E-state index is -3.92. The third-order valence-electron chi connectivity index (χ3n) is 7.04. The van der Waals surface area contributed by atoms with E-state index in [4.69, 9.17) is 30.0 Å². The molecule has 0 spiro atoms. The standard InChI is InChI=1S/C21H26N10O7P2S/c22-18-16-20(26-7-24-18)30(9-28-16)14-2-1-12(37-14)4-35-39(32)6-11-3-15(38-13(11)5-36-40(33,34)41)31-10-29-17-19(23)25-8-27-21(17)31/h7-15H,1-6H2,(H5-,22,23,24,25,26,27,33,34,41)/p+1/t11-,12+,13?,14-,15-/m1/s1. The van der Waals surface area contributed by atoms with E-state index in [0.717, 1.165) is 0 Å². The van der Waals surface area contributed by atoms with E-state index in [2.05, 4.69) is 41.7 Å². The zero-order valence-corrected chi connectivity index (χ0v) is 24.0. The van der Waals surface area contributed by atoms with Crippen LogP contribution in [0.15, 0.2) is 25.3 Å². The molecular weight excluding hydrogens is 598 g/mol. The Morgan fingerprint density at radius 3 is 2.22 bits per heavy atom. The molecule has 6 heterocycles. The summed E-state index contributed by atoms with van der Waals surface area (Å²) in [6, 6.07) is 0. The summed E-state index contributed by atoms with van der Waals surface area (Å²) in [6.07, 6.45) is 6.02. The molecule has 0 aromatic carbocycles. The van der Waals surface area contributed by atoms with Crippen LogP contribution in [0.4, 0.5) is 11.6 Å². The van der Waals surface area contributed by atoms with E-state index in [0.29, 0.717) is 47.4 Å². The maximum absolute atomic E-state index is 13.0. The summed E-state index contributed by atoms with van der Waals surface area (Å²) >= 11 is 4.59. The number of hydrogen-bond donors (Lipinski definition) is 4. The average molecular weight is 626 g/mol. The van der Waals surface area contributed by atoms with Crippen molar-refractivity contribution in [1.29, 1.82) is 0 Å². The van der Waals surface area contributed by atoms with Crippen molar-refractivity contribution in [2.24, 2.45) is 5.92 Å². The van der Waals surface area contributed by atoms with E-state index in [9.17, 15) is 14.4 Å². The predicted octanol–water partition coefficient (Wildman–Crippen LogP) is 1.40. The van der Waals surface area contributed by atoms with Crippen molar-refractivity contribution in [3.8, 4) is 0 Å². The molecule has 6 atom stereocenters. The fraction of sp³-hybridized carbons (Fsp3) is 0.524. The van der Waals surface area contributed by atoms with Crippen molar-refractivity contribution in [3.05, 3.63) is 25.3 Å². The third-order valence-corrected chi connectivity index (χ3v) is 9.04. The number of ether oxygens (including phenoxy) is 2. The van der Waals surface area contributed by atoms with Gasteiger partial charge < -0.3 is 35.3 Å². The molecule has 0 bridgehead atoms. The van der Waals surface area contributed by atoms with Gasteiger partial charge in [0.15, 0.2) is 29.1 Å². The molecule has 20 heteroatoms. The zero-order chi connectivity index (χ0) is 28.7. The Kier molecular flexibility index (Phi) is 7.93. The average Bonchev–Trinajstić information content (AvgIpc) is 3.71. The van der Waals surface area contributed by atoms with Crippen molar-refractivity contribution >= 4 is 60.5 Å². The summed E-state index contributed by atoms with van der Waals surface area (Å²) in [5.41, 5.74) is 13.8. The van der Waals surface area contributed by atoms with Crippen LogP contribution >= 0.6 is 14.7 Å². The molecule has 2 fully saturated rings. The third kappa shape index (κ3) is 6.07. The predicted molar refractivity (Wildman–Crippen MR) is 148 cm³/mol. The summed E-state index contributed by atoms with van der Waals surface area (Å²) in [4.78, 5) is 44.1. The molecule has 0 radical (unpaired) electrons. The molecule has 2 saturated heterocycles. The largest absolute Gasteiger partial charge is 0.508 e. The van der Waals surface area contributed by atoms with Gasteiger partial charge in [-0.3, -0.25) is 9.13 Å². The Morgan fingerprint density at radius 1 is 0.951 bits per heavy atom. The summed E-state index contributed by atoms with van der Waals surface area (Å²) in [5.74, 6) is 0.208. The van der Waals surface area contributed by atoms with E-state index < -0.39 is 27.1 Å². The zero-order valence-electron chi connectivity index (χ0n) is 21.4. The van der Waals surface area contributed by atoms with Gasteiger partial charge in [0, 0.05) is 12.3 Å². The van der Waals surface area contributed by atoms with Crippen molar-refractivity contribution in [1.82, 2.24) is 39.0 Å². The van der Waals surface area contributed by atoms with Gasteiger partial charge in [-0.05, 0) is 29.2 Å². The van der Waals surface area contributed by atoms with Crippen molar-refractivity contribution < 1.29 is 32.9 Å². The number of anilines is 2. The van der Waals surface area contributed by atoms with Gasteiger partial charge in [-0.15, -0.1) is 4.52 Å². The van der Waals surface area contributed by atoms with Crippen molar-refractivity contribution in [2.45, 2.75) is 43.9 Å². The van der Waals surface area contributed by atoms with E-state index in [1.165, 1.54) is 19.0 Å². The van der Waals surface area contributed by atoms with Crippen LogP contribution < -0.4 is 11.5 Å². The number of imidazole rings is 2. The van der Waals surface area contributed by atoms with Gasteiger partial charge in [-0.2, -0.15) is 0 Å². The second-order valence-corrected chi connectivity index (χ2v) is 13.6. The monoisotopic (exact) mass is 625 g/mol. The minimum Gasteiger partial charge on any atom is -0.382 e. The highest BCUT2D eigenvalue weighted by Crippen LogP contribution is 2.44. The molecule has 218 valence electrons. The fourth-order valence-corrected chi connectivity index (χ4v) is 6.81. The van der Waals surface area contributed by atoms with Crippen LogP contribution in [0.5, 0.6) is 0 Å².